The third-order valence-corrected chi connectivity index (χ3v) is 5.66. The summed E-state index contributed by atoms with van der Waals surface area (Å²) in [5.41, 5.74) is 15.4. The first kappa shape index (κ1) is 19.6. The van der Waals surface area contributed by atoms with E-state index in [1.165, 1.54) is 11.1 Å². The lowest BCUT2D eigenvalue weighted by molar-refractivity contribution is 0.444. The van der Waals surface area contributed by atoms with Crippen LogP contribution in [0.15, 0.2) is 84.6 Å². The highest BCUT2D eigenvalue weighted by atomic mass is 16.3. The summed E-state index contributed by atoms with van der Waals surface area (Å²) >= 11 is 0. The second-order valence-electron chi connectivity index (χ2n) is 7.64. The second-order valence-corrected chi connectivity index (χ2v) is 7.64. The minimum absolute atomic E-state index is 0.0366. The van der Waals surface area contributed by atoms with Crippen molar-refractivity contribution in [3.05, 3.63) is 107 Å². The van der Waals surface area contributed by atoms with Gasteiger partial charge in [-0.05, 0) is 47.5 Å². The highest BCUT2D eigenvalue weighted by Gasteiger charge is 2.18. The van der Waals surface area contributed by atoms with E-state index in [0.29, 0.717) is 11.4 Å². The van der Waals surface area contributed by atoms with Gasteiger partial charge in [-0.1, -0.05) is 24.8 Å². The van der Waals surface area contributed by atoms with Crippen LogP contribution in [0.1, 0.15) is 22.5 Å². The number of nitrogens with two attached hydrogens (primary N) is 1. The minimum Gasteiger partial charge on any atom is -0.504 e. The highest BCUT2D eigenvalue weighted by molar-refractivity contribution is 6.12. The van der Waals surface area contributed by atoms with E-state index in [1.54, 1.807) is 12.1 Å². The summed E-state index contributed by atoms with van der Waals surface area (Å²) in [4.78, 5) is 9.62. The number of nitrogens with zero attached hydrogens (tertiary/aromatic N) is 2. The van der Waals surface area contributed by atoms with Crippen LogP contribution in [0.5, 0.6) is 0 Å². The highest BCUT2D eigenvalue weighted by Crippen LogP contribution is 2.26. The van der Waals surface area contributed by atoms with Crippen molar-refractivity contribution in [1.82, 2.24) is 15.3 Å². The maximum absolute atomic E-state index is 10.7. The maximum atomic E-state index is 10.7. The average Bonchev–Trinajstić information content (AvgIpc) is 3.47. The van der Waals surface area contributed by atoms with Crippen molar-refractivity contribution in [3.8, 4) is 0 Å². The molecule has 3 aromatic rings. The first-order valence-corrected chi connectivity index (χ1v) is 10.2. The molecule has 0 saturated carbocycles. The van der Waals surface area contributed by atoms with Crippen molar-refractivity contribution in [1.29, 1.82) is 5.41 Å². The number of allylic oxidation sites excluding steroid dienone is 4. The molecule has 0 unspecified atom stereocenters. The van der Waals surface area contributed by atoms with Crippen molar-refractivity contribution >= 4 is 28.1 Å². The number of imidazole rings is 1. The van der Waals surface area contributed by atoms with E-state index in [9.17, 15) is 5.11 Å². The number of rotatable bonds is 4. The Labute approximate surface area is 185 Å². The zero-order chi connectivity index (χ0) is 22.2. The number of nitrogens with one attached hydrogen (secondary N) is 3. The number of H-pyrrole nitrogens is 1. The molecule has 158 valence electrons. The fourth-order valence-corrected chi connectivity index (χ4v) is 3.92. The molecule has 5 rings (SSSR count). The van der Waals surface area contributed by atoms with Crippen LogP contribution < -0.4 is 16.0 Å². The van der Waals surface area contributed by atoms with Gasteiger partial charge in [0.2, 0.25) is 0 Å². The molecule has 0 saturated heterocycles. The zero-order valence-electron chi connectivity index (χ0n) is 17.3. The van der Waals surface area contributed by atoms with E-state index in [0.717, 1.165) is 35.5 Å². The number of hydrogen-bond donors (Lipinski definition) is 5. The van der Waals surface area contributed by atoms with Gasteiger partial charge >= 0.3 is 0 Å². The van der Waals surface area contributed by atoms with Crippen LogP contribution in [-0.4, -0.2) is 20.8 Å². The second kappa shape index (κ2) is 7.74. The van der Waals surface area contributed by atoms with Crippen molar-refractivity contribution in [2.24, 2.45) is 5.73 Å². The standard InChI is InChI=1S/C25H22N6O/c1-2-18-5-3-4-10-31(18)19-8-6-15(7-9-19)22(26)24(32)23(27)25-29-20-11-16-13-28-14-17(16)12-21(20)30-25/h3-12,26,28,32H,1,13-14,27H2,(H,29,30)/b24-23+,26-22?. The van der Waals surface area contributed by atoms with Crippen LogP contribution in [0.4, 0.5) is 5.69 Å². The molecular weight excluding hydrogens is 400 g/mol. The van der Waals surface area contributed by atoms with Gasteiger partial charge in [-0.3, -0.25) is 5.41 Å². The normalized spacial score (nSPS) is 15.6. The van der Waals surface area contributed by atoms with E-state index in [-0.39, 0.29) is 17.2 Å². The SMILES string of the molecule is C=C=C1C=CC=CN1c1ccc(C(=N)/C(O)=C(\N)c2nc3cc4c(cc3[nH]2)CNC4)cc1. The third kappa shape index (κ3) is 3.32. The van der Waals surface area contributed by atoms with E-state index in [2.05, 4.69) is 27.6 Å². The Bertz CT molecular complexity index is 1340. The first-order chi connectivity index (χ1) is 15.5. The van der Waals surface area contributed by atoms with Crippen molar-refractivity contribution in [2.75, 3.05) is 4.90 Å². The molecule has 3 heterocycles. The number of aliphatic hydroxyl groups excluding tert-OH is 1. The summed E-state index contributed by atoms with van der Waals surface area (Å²) in [6, 6.07) is 11.3. The summed E-state index contributed by atoms with van der Waals surface area (Å²) in [6.07, 6.45) is 7.67. The molecule has 6 N–H and O–H groups in total. The first-order valence-electron chi connectivity index (χ1n) is 10.2. The molecule has 1 aromatic heterocycles. The van der Waals surface area contributed by atoms with Crippen LogP contribution in [-0.2, 0) is 13.1 Å². The number of hydrogen-bond acceptors (Lipinski definition) is 6. The lowest BCUT2D eigenvalue weighted by Gasteiger charge is -2.22. The Hall–Kier alpha value is -4.32. The fraction of sp³-hybridized carbons (Fsp3) is 0.0800. The molecule has 7 heteroatoms. The Morgan fingerprint density at radius 2 is 1.91 bits per heavy atom. The molecule has 0 bridgehead atoms. The van der Waals surface area contributed by atoms with Gasteiger partial charge in [0.1, 0.15) is 11.4 Å². The summed E-state index contributed by atoms with van der Waals surface area (Å²) in [7, 11) is 0. The quantitative estimate of drug-likeness (QED) is 0.248. The molecule has 0 radical (unpaired) electrons. The van der Waals surface area contributed by atoms with Gasteiger partial charge in [-0.15, -0.1) is 5.73 Å². The lowest BCUT2D eigenvalue weighted by atomic mass is 10.1. The number of aromatic nitrogens is 2. The number of aromatic amines is 1. The van der Waals surface area contributed by atoms with E-state index in [1.807, 2.05) is 53.6 Å². The molecule has 2 aromatic carbocycles. The fourth-order valence-electron chi connectivity index (χ4n) is 3.92. The Balaban J connectivity index is 1.42. The van der Waals surface area contributed by atoms with Crippen molar-refractivity contribution in [2.45, 2.75) is 13.1 Å². The number of fused-ring (bicyclic) bond motifs is 2. The number of aliphatic hydroxyl groups is 1. The molecule has 0 aliphatic carbocycles. The van der Waals surface area contributed by atoms with Gasteiger partial charge in [0.15, 0.2) is 11.6 Å². The Morgan fingerprint density at radius 1 is 1.16 bits per heavy atom. The molecule has 0 amide bonds. The van der Waals surface area contributed by atoms with E-state index < -0.39 is 0 Å². The summed E-state index contributed by atoms with van der Waals surface area (Å²) in [6.45, 7) is 5.36. The monoisotopic (exact) mass is 422 g/mol. The van der Waals surface area contributed by atoms with Crippen molar-refractivity contribution in [3.63, 3.8) is 0 Å². The van der Waals surface area contributed by atoms with Crippen LogP contribution >= 0.6 is 0 Å². The van der Waals surface area contributed by atoms with Crippen molar-refractivity contribution < 1.29 is 5.11 Å². The third-order valence-electron chi connectivity index (χ3n) is 5.66. The minimum atomic E-state index is -0.321. The van der Waals surface area contributed by atoms with Crippen LogP contribution in [0.25, 0.3) is 16.7 Å². The van der Waals surface area contributed by atoms with Crippen LogP contribution in [0.2, 0.25) is 0 Å². The van der Waals surface area contributed by atoms with Gasteiger partial charge in [-0.2, -0.15) is 0 Å². The van der Waals surface area contributed by atoms with Gasteiger partial charge in [0, 0.05) is 30.5 Å². The summed E-state index contributed by atoms with van der Waals surface area (Å²) < 4.78 is 0. The maximum Gasteiger partial charge on any atom is 0.168 e. The van der Waals surface area contributed by atoms with Gasteiger partial charge in [0.25, 0.3) is 0 Å². The van der Waals surface area contributed by atoms with Crippen LogP contribution in [0, 0.1) is 5.41 Å². The molecule has 7 nitrogen and oxygen atoms in total. The van der Waals surface area contributed by atoms with E-state index >= 15 is 0 Å². The average molecular weight is 422 g/mol. The smallest absolute Gasteiger partial charge is 0.168 e. The van der Waals surface area contributed by atoms with Gasteiger partial charge in [-0.25, -0.2) is 4.98 Å². The largest absolute Gasteiger partial charge is 0.504 e. The molecule has 2 aliphatic heterocycles. The summed E-state index contributed by atoms with van der Waals surface area (Å²) in [5, 5.41) is 22.4. The Kier molecular flexibility index (Phi) is 4.75. The lowest BCUT2D eigenvalue weighted by Crippen LogP contribution is -2.15. The predicted molar refractivity (Wildman–Crippen MR) is 127 cm³/mol. The Morgan fingerprint density at radius 3 is 2.66 bits per heavy atom. The van der Waals surface area contributed by atoms with Gasteiger partial charge < -0.3 is 26.0 Å². The van der Waals surface area contributed by atoms with E-state index in [4.69, 9.17) is 11.1 Å². The molecule has 0 fully saturated rings. The molecule has 32 heavy (non-hydrogen) atoms. The molecular formula is C25H22N6O. The number of anilines is 1. The predicted octanol–water partition coefficient (Wildman–Crippen LogP) is 3.98. The zero-order valence-corrected chi connectivity index (χ0v) is 17.3. The van der Waals surface area contributed by atoms with Crippen LogP contribution in [0.3, 0.4) is 0 Å². The molecule has 2 aliphatic rings. The topological polar surface area (TPSA) is 114 Å². The number of benzene rings is 2. The van der Waals surface area contributed by atoms with Gasteiger partial charge in [0.05, 0.1) is 16.7 Å². The molecule has 0 atom stereocenters. The molecule has 0 spiro atoms. The summed E-state index contributed by atoms with van der Waals surface area (Å²) in [5.74, 6) is 0.0278.